The molecule has 2 N–H and O–H groups in total. The van der Waals surface area contributed by atoms with Crippen molar-refractivity contribution in [1.29, 1.82) is 0 Å². The van der Waals surface area contributed by atoms with E-state index in [4.69, 9.17) is 5.73 Å². The van der Waals surface area contributed by atoms with Gasteiger partial charge in [-0.15, -0.1) is 5.10 Å². The monoisotopic (exact) mass is 236 g/mol. The van der Waals surface area contributed by atoms with Crippen LogP contribution in [0.5, 0.6) is 0 Å². The lowest BCUT2D eigenvalue weighted by atomic mass is 9.94. The van der Waals surface area contributed by atoms with Gasteiger partial charge in [-0.2, -0.15) is 0 Å². The highest BCUT2D eigenvalue weighted by atomic mass is 19.1. The van der Waals surface area contributed by atoms with E-state index in [1.807, 2.05) is 0 Å². The summed E-state index contributed by atoms with van der Waals surface area (Å²) < 4.78 is 15.4. The van der Waals surface area contributed by atoms with E-state index in [-0.39, 0.29) is 11.9 Å². The lowest BCUT2D eigenvalue weighted by Gasteiger charge is -2.25. The van der Waals surface area contributed by atoms with E-state index < -0.39 is 6.17 Å². The second kappa shape index (κ2) is 3.90. The third-order valence-corrected chi connectivity index (χ3v) is 3.25. The van der Waals surface area contributed by atoms with Crippen LogP contribution in [-0.2, 0) is 0 Å². The summed E-state index contributed by atoms with van der Waals surface area (Å²) in [5.74, 6) is 0.285. The largest absolute Gasteiger partial charge is 0.382 e. The molecule has 1 fully saturated rings. The van der Waals surface area contributed by atoms with Crippen molar-refractivity contribution < 1.29 is 4.39 Å². The molecule has 0 saturated heterocycles. The van der Waals surface area contributed by atoms with Gasteiger partial charge in [-0.3, -0.25) is 0 Å². The molecule has 7 heteroatoms. The van der Waals surface area contributed by atoms with E-state index in [9.17, 15) is 4.39 Å². The number of aromatic nitrogens is 5. The Balaban J connectivity index is 2.08. The molecule has 0 aliphatic heterocycles. The number of nitrogen functional groups attached to an aromatic ring is 1. The van der Waals surface area contributed by atoms with Crippen LogP contribution < -0.4 is 5.73 Å². The van der Waals surface area contributed by atoms with E-state index in [1.54, 1.807) is 4.68 Å². The molecular weight excluding hydrogens is 223 g/mol. The van der Waals surface area contributed by atoms with Crippen LogP contribution in [-0.4, -0.2) is 31.1 Å². The van der Waals surface area contributed by atoms with Crippen LogP contribution >= 0.6 is 0 Å². The Kier molecular flexibility index (Phi) is 2.38. The minimum atomic E-state index is -0.884. The molecule has 0 aromatic carbocycles. The summed E-state index contributed by atoms with van der Waals surface area (Å²) in [6.07, 6.45) is 3.75. The Bertz CT molecular complexity index is 539. The van der Waals surface area contributed by atoms with Gasteiger partial charge in [-0.25, -0.2) is 19.0 Å². The summed E-state index contributed by atoms with van der Waals surface area (Å²) in [4.78, 5) is 7.93. The highest BCUT2D eigenvalue weighted by molar-refractivity contribution is 5.80. The van der Waals surface area contributed by atoms with Crippen LogP contribution in [0.15, 0.2) is 6.33 Å². The number of fused-ring (bicyclic) bond motifs is 1. The van der Waals surface area contributed by atoms with Crippen molar-refractivity contribution in [3.05, 3.63) is 6.33 Å². The van der Waals surface area contributed by atoms with Gasteiger partial charge in [0.05, 0.1) is 6.04 Å². The van der Waals surface area contributed by atoms with E-state index in [2.05, 4.69) is 20.3 Å². The number of halogens is 1. The minimum Gasteiger partial charge on any atom is -0.382 e. The molecule has 1 aliphatic carbocycles. The van der Waals surface area contributed by atoms with Crippen LogP contribution in [0.25, 0.3) is 11.2 Å². The van der Waals surface area contributed by atoms with Crippen LogP contribution in [0.3, 0.4) is 0 Å². The molecular formula is C10H13FN6. The van der Waals surface area contributed by atoms with E-state index in [1.165, 1.54) is 6.33 Å². The maximum absolute atomic E-state index is 13.9. The van der Waals surface area contributed by atoms with Crippen molar-refractivity contribution in [3.8, 4) is 0 Å². The summed E-state index contributed by atoms with van der Waals surface area (Å²) >= 11 is 0. The minimum absolute atomic E-state index is 0.275. The zero-order valence-corrected chi connectivity index (χ0v) is 9.25. The van der Waals surface area contributed by atoms with Crippen LogP contribution in [0.2, 0.25) is 0 Å². The molecule has 2 aromatic heterocycles. The summed E-state index contributed by atoms with van der Waals surface area (Å²) in [7, 11) is 0. The normalized spacial score (nSPS) is 25.2. The Labute approximate surface area is 97.0 Å². The Morgan fingerprint density at radius 2 is 2.12 bits per heavy atom. The fraction of sp³-hybridized carbons (Fsp3) is 0.600. The summed E-state index contributed by atoms with van der Waals surface area (Å²) in [5, 5.41) is 7.90. The van der Waals surface area contributed by atoms with Crippen molar-refractivity contribution in [2.75, 3.05) is 5.73 Å². The van der Waals surface area contributed by atoms with E-state index in [0.29, 0.717) is 17.6 Å². The van der Waals surface area contributed by atoms with Crippen molar-refractivity contribution in [1.82, 2.24) is 25.0 Å². The quantitative estimate of drug-likeness (QED) is 0.805. The Morgan fingerprint density at radius 3 is 2.94 bits per heavy atom. The number of nitrogens with zero attached hydrogens (tertiary/aromatic N) is 5. The average Bonchev–Trinajstić information content (AvgIpc) is 2.75. The summed E-state index contributed by atoms with van der Waals surface area (Å²) in [5.41, 5.74) is 6.64. The van der Waals surface area contributed by atoms with Gasteiger partial charge in [0.15, 0.2) is 17.0 Å². The van der Waals surface area contributed by atoms with Crippen molar-refractivity contribution in [2.24, 2.45) is 0 Å². The molecule has 1 saturated carbocycles. The number of nitrogens with two attached hydrogens (primary N) is 1. The molecule has 1 aliphatic rings. The third-order valence-electron chi connectivity index (χ3n) is 3.25. The van der Waals surface area contributed by atoms with Gasteiger partial charge in [0, 0.05) is 0 Å². The number of hydrogen-bond acceptors (Lipinski definition) is 5. The summed E-state index contributed by atoms with van der Waals surface area (Å²) in [6, 6.07) is -0.275. The van der Waals surface area contributed by atoms with Gasteiger partial charge in [0.25, 0.3) is 0 Å². The zero-order chi connectivity index (χ0) is 11.8. The standard InChI is InChI=1S/C10H13FN6/c11-6-3-1-2-4-7(6)17-10-8(15-16-17)9(12)13-5-14-10/h5-7H,1-4H2,(H2,12,13,14)/t6-,7+/m0/s1. The van der Waals surface area contributed by atoms with E-state index in [0.717, 1.165) is 19.3 Å². The van der Waals surface area contributed by atoms with Crippen molar-refractivity contribution in [3.63, 3.8) is 0 Å². The molecule has 2 heterocycles. The molecule has 0 radical (unpaired) electrons. The molecule has 2 atom stereocenters. The first kappa shape index (κ1) is 10.4. The molecule has 2 aromatic rings. The first-order valence-electron chi connectivity index (χ1n) is 5.73. The maximum Gasteiger partial charge on any atom is 0.184 e. The lowest BCUT2D eigenvalue weighted by Crippen LogP contribution is -2.25. The maximum atomic E-state index is 13.9. The molecule has 17 heavy (non-hydrogen) atoms. The zero-order valence-electron chi connectivity index (χ0n) is 9.25. The molecule has 6 nitrogen and oxygen atoms in total. The number of anilines is 1. The average molecular weight is 236 g/mol. The molecule has 0 bridgehead atoms. The predicted octanol–water partition coefficient (Wildman–Crippen LogP) is 1.26. The molecule has 90 valence electrons. The van der Waals surface area contributed by atoms with E-state index >= 15 is 0 Å². The fourth-order valence-corrected chi connectivity index (χ4v) is 2.35. The smallest absolute Gasteiger partial charge is 0.184 e. The van der Waals surface area contributed by atoms with Crippen molar-refractivity contribution >= 4 is 17.0 Å². The van der Waals surface area contributed by atoms with Crippen LogP contribution in [0, 0.1) is 0 Å². The molecule has 0 spiro atoms. The van der Waals surface area contributed by atoms with Gasteiger partial charge >= 0.3 is 0 Å². The number of hydrogen-bond donors (Lipinski definition) is 1. The highest BCUT2D eigenvalue weighted by Gasteiger charge is 2.29. The van der Waals surface area contributed by atoms with Gasteiger partial charge in [0.1, 0.15) is 12.5 Å². The lowest BCUT2D eigenvalue weighted by molar-refractivity contribution is 0.161. The van der Waals surface area contributed by atoms with Gasteiger partial charge < -0.3 is 5.73 Å². The second-order valence-electron chi connectivity index (χ2n) is 4.33. The Hall–Kier alpha value is -1.79. The second-order valence-corrected chi connectivity index (χ2v) is 4.33. The molecule has 0 unspecified atom stereocenters. The molecule has 0 amide bonds. The Morgan fingerprint density at radius 1 is 1.29 bits per heavy atom. The highest BCUT2D eigenvalue weighted by Crippen LogP contribution is 2.32. The van der Waals surface area contributed by atoms with Gasteiger partial charge in [-0.1, -0.05) is 18.1 Å². The molecule has 3 rings (SSSR count). The third kappa shape index (κ3) is 1.62. The van der Waals surface area contributed by atoms with Gasteiger partial charge in [0.2, 0.25) is 0 Å². The first-order chi connectivity index (χ1) is 8.27. The summed E-state index contributed by atoms with van der Waals surface area (Å²) in [6.45, 7) is 0. The predicted molar refractivity (Wildman–Crippen MR) is 59.9 cm³/mol. The number of rotatable bonds is 1. The van der Waals surface area contributed by atoms with Crippen LogP contribution in [0.4, 0.5) is 10.2 Å². The fourth-order valence-electron chi connectivity index (χ4n) is 2.35. The van der Waals surface area contributed by atoms with Crippen molar-refractivity contribution in [2.45, 2.75) is 37.9 Å². The van der Waals surface area contributed by atoms with Crippen LogP contribution in [0.1, 0.15) is 31.7 Å². The SMILES string of the molecule is Nc1ncnc2c1nnn2[C@@H]1CCCC[C@@H]1F. The van der Waals surface area contributed by atoms with Gasteiger partial charge in [-0.05, 0) is 12.8 Å². The number of alkyl halides is 1. The topological polar surface area (TPSA) is 82.5 Å². The first-order valence-corrected chi connectivity index (χ1v) is 5.73.